The molecule has 1 saturated heterocycles. The highest BCUT2D eigenvalue weighted by molar-refractivity contribution is 5.85. The molecule has 0 aromatic heterocycles. The second-order valence-corrected chi connectivity index (χ2v) is 8.59. The number of para-hydroxylation sites is 1. The fourth-order valence-corrected chi connectivity index (χ4v) is 6.03. The van der Waals surface area contributed by atoms with E-state index in [9.17, 15) is 0 Å². The summed E-state index contributed by atoms with van der Waals surface area (Å²) in [6, 6.07) is 28.8. The number of benzene rings is 3. The zero-order chi connectivity index (χ0) is 20.6. The zero-order valence-corrected chi connectivity index (χ0v) is 18.6. The summed E-state index contributed by atoms with van der Waals surface area (Å²) in [7, 11) is 1.63. The first-order chi connectivity index (χ1) is 14.7. The molecule has 4 heteroatoms. The molecule has 0 bridgehead atoms. The summed E-state index contributed by atoms with van der Waals surface area (Å²) < 4.78 is 22.5. The van der Waals surface area contributed by atoms with Crippen LogP contribution in [0.5, 0.6) is 5.75 Å². The van der Waals surface area contributed by atoms with Gasteiger partial charge in [-0.05, 0) is 42.4 Å². The lowest BCUT2D eigenvalue weighted by Crippen LogP contribution is -2.46. The van der Waals surface area contributed by atoms with Gasteiger partial charge in [-0.1, -0.05) is 78.9 Å². The lowest BCUT2D eigenvalue weighted by atomic mass is 9.61. The SMILES string of the molecule is COc1ccccc1C1(F)CCCC2C1CNC2(c1ccccc1)c1ccccc1.Cl. The standard InChI is InChI=1S/C27H28FNO.ClH/c1-30-25-17-9-8-15-23(25)26(28)18-10-16-22-24(26)19-29-27(22,20-11-4-2-5-12-20)21-13-6-3-7-14-21;/h2-9,11-15,17,22,24,29H,10,16,18-19H2,1H3;1H. The van der Waals surface area contributed by atoms with Crippen LogP contribution >= 0.6 is 12.4 Å². The van der Waals surface area contributed by atoms with Gasteiger partial charge in [0.2, 0.25) is 0 Å². The molecule has 5 rings (SSSR count). The predicted octanol–water partition coefficient (Wildman–Crippen LogP) is 6.25. The van der Waals surface area contributed by atoms with Crippen LogP contribution in [0, 0.1) is 11.8 Å². The number of fused-ring (bicyclic) bond motifs is 1. The Balaban J connectivity index is 0.00000231. The summed E-state index contributed by atoms with van der Waals surface area (Å²) in [5.74, 6) is 0.687. The molecule has 31 heavy (non-hydrogen) atoms. The molecular weight excluding hydrogens is 409 g/mol. The molecule has 0 radical (unpaired) electrons. The van der Waals surface area contributed by atoms with E-state index in [4.69, 9.17) is 4.74 Å². The van der Waals surface area contributed by atoms with Crippen molar-refractivity contribution in [2.45, 2.75) is 30.5 Å². The summed E-state index contributed by atoms with van der Waals surface area (Å²) in [6.07, 6.45) is 2.40. The highest BCUT2D eigenvalue weighted by atomic mass is 35.5. The summed E-state index contributed by atoms with van der Waals surface area (Å²) in [5.41, 5.74) is 1.34. The van der Waals surface area contributed by atoms with Gasteiger partial charge < -0.3 is 10.1 Å². The van der Waals surface area contributed by atoms with Crippen LogP contribution in [0.3, 0.4) is 0 Å². The van der Waals surface area contributed by atoms with E-state index in [-0.39, 0.29) is 29.8 Å². The average Bonchev–Trinajstić information content (AvgIpc) is 3.22. The van der Waals surface area contributed by atoms with Crippen LogP contribution in [0.2, 0.25) is 0 Å². The molecule has 162 valence electrons. The predicted molar refractivity (Wildman–Crippen MR) is 126 cm³/mol. The van der Waals surface area contributed by atoms with Gasteiger partial charge in [0.15, 0.2) is 0 Å². The first-order valence-electron chi connectivity index (χ1n) is 10.9. The number of nitrogens with one attached hydrogen (secondary N) is 1. The summed E-state index contributed by atoms with van der Waals surface area (Å²) in [6.45, 7) is 0.642. The number of rotatable bonds is 4. The summed E-state index contributed by atoms with van der Waals surface area (Å²) >= 11 is 0. The normalized spacial score (nSPS) is 26.5. The third-order valence-corrected chi connectivity index (χ3v) is 7.30. The molecule has 1 saturated carbocycles. The number of methoxy groups -OCH3 is 1. The van der Waals surface area contributed by atoms with Gasteiger partial charge in [-0.15, -0.1) is 12.4 Å². The van der Waals surface area contributed by atoms with Gasteiger partial charge in [-0.25, -0.2) is 4.39 Å². The number of hydrogen-bond acceptors (Lipinski definition) is 2. The maximum atomic E-state index is 17.0. The monoisotopic (exact) mass is 437 g/mol. The molecule has 0 spiro atoms. The minimum atomic E-state index is -1.41. The van der Waals surface area contributed by atoms with Crippen LogP contribution in [0.15, 0.2) is 84.9 Å². The number of halogens is 2. The molecule has 1 N–H and O–H groups in total. The fourth-order valence-electron chi connectivity index (χ4n) is 6.03. The average molecular weight is 438 g/mol. The van der Waals surface area contributed by atoms with Crippen molar-refractivity contribution in [3.63, 3.8) is 0 Å². The highest BCUT2D eigenvalue weighted by Crippen LogP contribution is 2.58. The van der Waals surface area contributed by atoms with Crippen molar-refractivity contribution in [3.05, 3.63) is 102 Å². The maximum Gasteiger partial charge on any atom is 0.143 e. The minimum absolute atomic E-state index is 0. The Bertz CT molecular complexity index is 973. The van der Waals surface area contributed by atoms with Crippen molar-refractivity contribution in [2.24, 2.45) is 11.8 Å². The van der Waals surface area contributed by atoms with Crippen molar-refractivity contribution in [3.8, 4) is 5.75 Å². The topological polar surface area (TPSA) is 21.3 Å². The second kappa shape index (κ2) is 8.64. The molecule has 1 aliphatic heterocycles. The lowest BCUT2D eigenvalue weighted by Gasteiger charge is -2.45. The largest absolute Gasteiger partial charge is 0.496 e. The maximum absolute atomic E-state index is 17.0. The van der Waals surface area contributed by atoms with E-state index in [0.717, 1.165) is 12.8 Å². The Morgan fingerprint density at radius 2 is 1.42 bits per heavy atom. The number of hydrogen-bond donors (Lipinski definition) is 1. The molecule has 3 aromatic rings. The first kappa shape index (κ1) is 21.9. The van der Waals surface area contributed by atoms with E-state index in [1.807, 2.05) is 36.4 Å². The highest BCUT2D eigenvalue weighted by Gasteiger charge is 2.60. The van der Waals surface area contributed by atoms with E-state index in [1.54, 1.807) is 7.11 Å². The van der Waals surface area contributed by atoms with Crippen molar-refractivity contribution in [2.75, 3.05) is 13.7 Å². The summed E-state index contributed by atoms with van der Waals surface area (Å²) in [4.78, 5) is 0. The molecule has 2 nitrogen and oxygen atoms in total. The second-order valence-electron chi connectivity index (χ2n) is 8.59. The number of alkyl halides is 1. The van der Waals surface area contributed by atoms with Gasteiger partial charge in [-0.3, -0.25) is 0 Å². The zero-order valence-electron chi connectivity index (χ0n) is 17.8. The third-order valence-electron chi connectivity index (χ3n) is 7.30. The van der Waals surface area contributed by atoms with Crippen molar-refractivity contribution < 1.29 is 9.13 Å². The molecule has 1 heterocycles. The lowest BCUT2D eigenvalue weighted by molar-refractivity contribution is 0.00401. The van der Waals surface area contributed by atoms with Gasteiger partial charge in [0, 0.05) is 18.0 Å². The Morgan fingerprint density at radius 3 is 2.03 bits per heavy atom. The van der Waals surface area contributed by atoms with Crippen LogP contribution in [-0.2, 0) is 11.2 Å². The molecule has 3 atom stereocenters. The molecular formula is C27H29ClFNO. The molecule has 0 amide bonds. The molecule has 2 fully saturated rings. The van der Waals surface area contributed by atoms with E-state index >= 15 is 4.39 Å². The van der Waals surface area contributed by atoms with Crippen LogP contribution in [0.1, 0.15) is 36.0 Å². The molecule has 1 aliphatic carbocycles. The van der Waals surface area contributed by atoms with Gasteiger partial charge in [-0.2, -0.15) is 0 Å². The van der Waals surface area contributed by atoms with Crippen LogP contribution in [-0.4, -0.2) is 13.7 Å². The summed E-state index contributed by atoms with van der Waals surface area (Å²) in [5, 5.41) is 3.83. The Labute approximate surface area is 190 Å². The van der Waals surface area contributed by atoms with Gasteiger partial charge in [0.05, 0.1) is 12.6 Å². The Kier molecular flexibility index (Phi) is 6.09. The van der Waals surface area contributed by atoms with Gasteiger partial charge in [0.1, 0.15) is 11.4 Å². The van der Waals surface area contributed by atoms with Crippen molar-refractivity contribution in [1.82, 2.24) is 5.32 Å². The minimum Gasteiger partial charge on any atom is -0.496 e. The quantitative estimate of drug-likeness (QED) is 0.521. The molecule has 3 unspecified atom stereocenters. The van der Waals surface area contributed by atoms with Crippen LogP contribution < -0.4 is 10.1 Å². The smallest absolute Gasteiger partial charge is 0.143 e. The van der Waals surface area contributed by atoms with E-state index in [0.29, 0.717) is 24.3 Å². The van der Waals surface area contributed by atoms with E-state index in [1.165, 1.54) is 11.1 Å². The van der Waals surface area contributed by atoms with Crippen molar-refractivity contribution in [1.29, 1.82) is 0 Å². The van der Waals surface area contributed by atoms with E-state index < -0.39 is 5.67 Å². The van der Waals surface area contributed by atoms with Crippen molar-refractivity contribution >= 4 is 12.4 Å². The Morgan fingerprint density at radius 1 is 0.839 bits per heavy atom. The molecule has 2 aliphatic rings. The fraction of sp³-hybridized carbons (Fsp3) is 0.333. The first-order valence-corrected chi connectivity index (χ1v) is 10.9. The van der Waals surface area contributed by atoms with Crippen LogP contribution in [0.25, 0.3) is 0 Å². The Hall–Kier alpha value is -2.36. The van der Waals surface area contributed by atoms with Gasteiger partial charge in [0.25, 0.3) is 0 Å². The number of ether oxygens (including phenoxy) is 1. The van der Waals surface area contributed by atoms with E-state index in [2.05, 4.69) is 53.8 Å². The molecule has 3 aromatic carbocycles. The van der Waals surface area contributed by atoms with Crippen LogP contribution in [0.4, 0.5) is 4.39 Å². The third kappa shape index (κ3) is 3.35. The van der Waals surface area contributed by atoms with Gasteiger partial charge >= 0.3 is 0 Å².